The summed E-state index contributed by atoms with van der Waals surface area (Å²) in [4.78, 5) is 29.7. The Labute approximate surface area is 187 Å². The highest BCUT2D eigenvalue weighted by molar-refractivity contribution is 6.33. The Morgan fingerprint density at radius 3 is 2.48 bits per heavy atom. The van der Waals surface area contributed by atoms with Crippen LogP contribution in [0.2, 0.25) is 5.02 Å². The molecule has 0 saturated heterocycles. The summed E-state index contributed by atoms with van der Waals surface area (Å²) in [7, 11) is 0. The Morgan fingerprint density at radius 2 is 1.77 bits per heavy atom. The van der Waals surface area contributed by atoms with Crippen molar-refractivity contribution in [1.82, 2.24) is 20.2 Å². The number of nitrogens with one attached hydrogen (secondary N) is 2. The van der Waals surface area contributed by atoms with E-state index in [1.807, 2.05) is 38.2 Å². The minimum absolute atomic E-state index is 0.0773. The number of aromatic nitrogens is 2. The standard InChI is InChI=1S/C24H27ClN4O2/c1-17(2)22(28-23(30)19-10-6-7-11-20(19)25)24(31)27-13-12-21-26-14-15-29(21)16-18-8-4-3-5-9-18/h3-11,14-15,17,22H,12-13,16H2,1-2H3,(H,27,31)(H,28,30). The van der Waals surface area contributed by atoms with Crippen LogP contribution in [0.5, 0.6) is 0 Å². The van der Waals surface area contributed by atoms with Crippen molar-refractivity contribution in [3.63, 3.8) is 0 Å². The van der Waals surface area contributed by atoms with Crippen LogP contribution in [0.25, 0.3) is 0 Å². The molecule has 0 aliphatic heterocycles. The third-order valence-electron chi connectivity index (χ3n) is 5.00. The van der Waals surface area contributed by atoms with Crippen LogP contribution in [0, 0.1) is 5.92 Å². The SMILES string of the molecule is CC(C)C(NC(=O)c1ccccc1Cl)C(=O)NCCc1nccn1Cc1ccccc1. The summed E-state index contributed by atoms with van der Waals surface area (Å²) in [6.45, 7) is 4.94. The van der Waals surface area contributed by atoms with Gasteiger partial charge in [0.2, 0.25) is 5.91 Å². The molecule has 0 spiro atoms. The number of hydrogen-bond acceptors (Lipinski definition) is 3. The number of imidazole rings is 1. The molecule has 2 aromatic carbocycles. The largest absolute Gasteiger partial charge is 0.354 e. The molecule has 3 rings (SSSR count). The lowest BCUT2D eigenvalue weighted by atomic mass is 10.0. The lowest BCUT2D eigenvalue weighted by Gasteiger charge is -2.22. The van der Waals surface area contributed by atoms with Crippen molar-refractivity contribution < 1.29 is 9.59 Å². The molecule has 6 nitrogen and oxygen atoms in total. The van der Waals surface area contributed by atoms with Crippen LogP contribution in [0.1, 0.15) is 35.6 Å². The van der Waals surface area contributed by atoms with E-state index in [-0.39, 0.29) is 17.7 Å². The first kappa shape index (κ1) is 22.6. The average Bonchev–Trinajstić information content (AvgIpc) is 3.19. The number of halogens is 1. The third kappa shape index (κ3) is 6.18. The van der Waals surface area contributed by atoms with Gasteiger partial charge < -0.3 is 15.2 Å². The van der Waals surface area contributed by atoms with Crippen molar-refractivity contribution in [2.24, 2.45) is 5.92 Å². The van der Waals surface area contributed by atoms with Gasteiger partial charge in [-0.1, -0.05) is 67.9 Å². The molecule has 1 unspecified atom stereocenters. The van der Waals surface area contributed by atoms with Gasteiger partial charge in [-0.05, 0) is 23.6 Å². The molecule has 31 heavy (non-hydrogen) atoms. The van der Waals surface area contributed by atoms with Crippen molar-refractivity contribution in [2.45, 2.75) is 32.9 Å². The van der Waals surface area contributed by atoms with Gasteiger partial charge in [-0.25, -0.2) is 4.98 Å². The van der Waals surface area contributed by atoms with E-state index in [1.54, 1.807) is 30.5 Å². The number of carbonyl (C=O) groups excluding carboxylic acids is 2. The first-order chi connectivity index (χ1) is 15.0. The van der Waals surface area contributed by atoms with Gasteiger partial charge in [-0.3, -0.25) is 9.59 Å². The predicted octanol–water partition coefficient (Wildman–Crippen LogP) is 3.70. The molecule has 0 fully saturated rings. The zero-order chi connectivity index (χ0) is 22.2. The smallest absolute Gasteiger partial charge is 0.253 e. The fourth-order valence-electron chi connectivity index (χ4n) is 3.30. The highest BCUT2D eigenvalue weighted by Gasteiger charge is 2.25. The van der Waals surface area contributed by atoms with Crippen LogP contribution in [0.3, 0.4) is 0 Å². The molecule has 7 heteroatoms. The molecule has 1 heterocycles. The Balaban J connectivity index is 1.56. The molecule has 162 valence electrons. The molecular formula is C24H27ClN4O2. The van der Waals surface area contributed by atoms with E-state index in [0.717, 1.165) is 12.4 Å². The molecule has 1 atom stereocenters. The predicted molar refractivity (Wildman–Crippen MR) is 122 cm³/mol. The van der Waals surface area contributed by atoms with Gasteiger partial charge in [-0.2, -0.15) is 0 Å². The van der Waals surface area contributed by atoms with Gasteiger partial charge in [0.1, 0.15) is 11.9 Å². The molecule has 0 saturated carbocycles. The molecule has 0 radical (unpaired) electrons. The average molecular weight is 439 g/mol. The number of amides is 2. The van der Waals surface area contributed by atoms with Crippen LogP contribution in [-0.2, 0) is 17.8 Å². The van der Waals surface area contributed by atoms with E-state index in [4.69, 9.17) is 11.6 Å². The summed E-state index contributed by atoms with van der Waals surface area (Å²) in [6.07, 6.45) is 4.29. The summed E-state index contributed by atoms with van der Waals surface area (Å²) in [5.41, 5.74) is 1.54. The summed E-state index contributed by atoms with van der Waals surface area (Å²) < 4.78 is 2.07. The van der Waals surface area contributed by atoms with E-state index >= 15 is 0 Å². The van der Waals surface area contributed by atoms with Gasteiger partial charge in [-0.15, -0.1) is 0 Å². The Bertz CT molecular complexity index is 1020. The second kappa shape index (κ2) is 10.8. The zero-order valence-electron chi connectivity index (χ0n) is 17.7. The first-order valence-corrected chi connectivity index (χ1v) is 10.7. The van der Waals surface area contributed by atoms with Crippen LogP contribution < -0.4 is 10.6 Å². The first-order valence-electron chi connectivity index (χ1n) is 10.3. The molecular weight excluding hydrogens is 412 g/mol. The van der Waals surface area contributed by atoms with E-state index in [9.17, 15) is 9.59 Å². The van der Waals surface area contributed by atoms with Gasteiger partial charge >= 0.3 is 0 Å². The van der Waals surface area contributed by atoms with Crippen molar-refractivity contribution in [2.75, 3.05) is 6.54 Å². The van der Waals surface area contributed by atoms with Crippen LogP contribution in [0.4, 0.5) is 0 Å². The van der Waals surface area contributed by atoms with Crippen LogP contribution in [-0.4, -0.2) is 34.0 Å². The highest BCUT2D eigenvalue weighted by Crippen LogP contribution is 2.15. The summed E-state index contributed by atoms with van der Waals surface area (Å²) in [5.74, 6) is 0.228. The summed E-state index contributed by atoms with van der Waals surface area (Å²) in [6, 6.07) is 16.3. The lowest BCUT2D eigenvalue weighted by Crippen LogP contribution is -2.50. The maximum atomic E-state index is 12.8. The molecule has 2 amide bonds. The quantitative estimate of drug-likeness (QED) is 0.534. The lowest BCUT2D eigenvalue weighted by molar-refractivity contribution is -0.123. The minimum atomic E-state index is -0.659. The molecule has 0 aliphatic carbocycles. The van der Waals surface area contributed by atoms with Gasteiger partial charge in [0.15, 0.2) is 0 Å². The summed E-state index contributed by atoms with van der Waals surface area (Å²) >= 11 is 6.10. The maximum Gasteiger partial charge on any atom is 0.253 e. The molecule has 0 aliphatic rings. The van der Waals surface area contributed by atoms with Gasteiger partial charge in [0, 0.05) is 31.9 Å². The Hall–Kier alpha value is -3.12. The fourth-order valence-corrected chi connectivity index (χ4v) is 3.52. The minimum Gasteiger partial charge on any atom is -0.354 e. The Kier molecular flexibility index (Phi) is 7.84. The molecule has 0 bridgehead atoms. The number of hydrogen-bond donors (Lipinski definition) is 2. The second-order valence-electron chi connectivity index (χ2n) is 7.67. The monoisotopic (exact) mass is 438 g/mol. The van der Waals surface area contributed by atoms with E-state index < -0.39 is 6.04 Å². The fraction of sp³-hybridized carbons (Fsp3) is 0.292. The van der Waals surface area contributed by atoms with E-state index in [2.05, 4.69) is 32.3 Å². The van der Waals surface area contributed by atoms with Crippen molar-refractivity contribution >= 4 is 23.4 Å². The normalized spacial score (nSPS) is 11.9. The van der Waals surface area contributed by atoms with Gasteiger partial charge in [0.05, 0.1) is 10.6 Å². The van der Waals surface area contributed by atoms with E-state index in [1.165, 1.54) is 5.56 Å². The molecule has 1 aromatic heterocycles. The molecule has 3 aromatic rings. The van der Waals surface area contributed by atoms with E-state index in [0.29, 0.717) is 23.6 Å². The third-order valence-corrected chi connectivity index (χ3v) is 5.33. The number of rotatable bonds is 9. The van der Waals surface area contributed by atoms with Crippen molar-refractivity contribution in [3.8, 4) is 0 Å². The topological polar surface area (TPSA) is 76.0 Å². The Morgan fingerprint density at radius 1 is 1.06 bits per heavy atom. The molecule has 2 N–H and O–H groups in total. The zero-order valence-corrected chi connectivity index (χ0v) is 18.5. The van der Waals surface area contributed by atoms with Crippen LogP contribution >= 0.6 is 11.6 Å². The highest BCUT2D eigenvalue weighted by atomic mass is 35.5. The summed E-state index contributed by atoms with van der Waals surface area (Å²) in [5, 5.41) is 6.08. The maximum absolute atomic E-state index is 12.8. The number of nitrogens with zero attached hydrogens (tertiary/aromatic N) is 2. The van der Waals surface area contributed by atoms with Gasteiger partial charge in [0.25, 0.3) is 5.91 Å². The second-order valence-corrected chi connectivity index (χ2v) is 8.08. The van der Waals surface area contributed by atoms with Crippen molar-refractivity contribution in [3.05, 3.63) is 89.0 Å². The number of benzene rings is 2. The number of carbonyl (C=O) groups is 2. The van der Waals surface area contributed by atoms with Crippen molar-refractivity contribution in [1.29, 1.82) is 0 Å². The van der Waals surface area contributed by atoms with Crippen LogP contribution in [0.15, 0.2) is 67.0 Å².